The van der Waals surface area contributed by atoms with Crippen LogP contribution in [0.25, 0.3) is 42.4 Å². The van der Waals surface area contributed by atoms with E-state index < -0.39 is 0 Å². The summed E-state index contributed by atoms with van der Waals surface area (Å²) in [5, 5.41) is 2.64. The Morgan fingerprint density at radius 2 is 1.23 bits per heavy atom. The third kappa shape index (κ3) is 5.63. The second-order valence-corrected chi connectivity index (χ2v) is 23.4. The third-order valence-electron chi connectivity index (χ3n) is 15.9. The molecule has 0 fully saturated rings. The van der Waals surface area contributed by atoms with Crippen LogP contribution in [0.3, 0.4) is 0 Å². The zero-order valence-corrected chi connectivity index (χ0v) is 40.8. The summed E-state index contributed by atoms with van der Waals surface area (Å²) in [6.45, 7) is 19.3. The van der Waals surface area contributed by atoms with Gasteiger partial charge in [-0.15, -0.1) is 11.3 Å². The van der Waals surface area contributed by atoms with E-state index in [0.717, 1.165) is 0 Å². The van der Waals surface area contributed by atoms with Gasteiger partial charge in [-0.1, -0.05) is 169 Å². The molecule has 0 N–H and O–H groups in total. The van der Waals surface area contributed by atoms with Gasteiger partial charge in [-0.3, -0.25) is 0 Å². The Kier molecular flexibility index (Phi) is 8.55. The van der Waals surface area contributed by atoms with E-state index in [1.807, 2.05) is 23.1 Å². The summed E-state index contributed by atoms with van der Waals surface area (Å²) in [5.41, 5.74) is 22.5. The van der Waals surface area contributed by atoms with Crippen molar-refractivity contribution in [3.8, 4) is 22.3 Å². The highest BCUT2D eigenvalue weighted by Crippen LogP contribution is 2.57. The molecule has 322 valence electrons. The molecule has 2 nitrogen and oxygen atoms in total. The van der Waals surface area contributed by atoms with Crippen LogP contribution in [0.5, 0.6) is 0 Å². The van der Waals surface area contributed by atoms with Crippen molar-refractivity contribution in [1.29, 1.82) is 0 Å². The van der Waals surface area contributed by atoms with Crippen molar-refractivity contribution in [1.82, 2.24) is 0 Å². The fourth-order valence-electron chi connectivity index (χ4n) is 12.3. The monoisotopic (exact) mass is 888 g/mol. The van der Waals surface area contributed by atoms with E-state index in [1.165, 1.54) is 138 Å². The quantitative estimate of drug-likeness (QED) is 0.163. The van der Waals surface area contributed by atoms with Crippen molar-refractivity contribution in [2.75, 3.05) is 9.71 Å². The zero-order chi connectivity index (χ0) is 45.0. The van der Waals surface area contributed by atoms with E-state index in [9.17, 15) is 0 Å². The molecule has 0 saturated heterocycles. The fraction of sp³-hybridized carbons (Fsp3) is 0.213. The highest BCUT2D eigenvalue weighted by atomic mass is 32.2. The van der Waals surface area contributed by atoms with Crippen molar-refractivity contribution in [2.45, 2.75) is 94.3 Å². The minimum absolute atomic E-state index is 0.0619. The molecule has 4 heterocycles. The molecule has 0 saturated carbocycles. The van der Waals surface area contributed by atoms with Crippen LogP contribution >= 0.6 is 23.1 Å². The van der Waals surface area contributed by atoms with Crippen LogP contribution < -0.4 is 20.6 Å². The summed E-state index contributed by atoms with van der Waals surface area (Å²) in [6, 6.07) is 58.5. The molecule has 5 heteroatoms. The lowest BCUT2D eigenvalue weighted by Gasteiger charge is -2.48. The van der Waals surface area contributed by atoms with Crippen LogP contribution in [0.4, 0.5) is 28.4 Å². The molecule has 66 heavy (non-hydrogen) atoms. The number of rotatable bonds is 3. The number of anilines is 5. The van der Waals surface area contributed by atoms with Gasteiger partial charge in [0.1, 0.15) is 0 Å². The van der Waals surface area contributed by atoms with E-state index in [-0.39, 0.29) is 23.1 Å². The maximum Gasteiger partial charge on any atom is 0.333 e. The summed E-state index contributed by atoms with van der Waals surface area (Å²) in [6.07, 6.45) is 2.37. The summed E-state index contributed by atoms with van der Waals surface area (Å²) in [5.74, 6) is 0. The predicted octanol–water partition coefficient (Wildman–Crippen LogP) is 16.2. The van der Waals surface area contributed by atoms with Gasteiger partial charge >= 0.3 is 6.85 Å². The van der Waals surface area contributed by atoms with Gasteiger partial charge in [0, 0.05) is 64.6 Å². The number of hydrogen-bond acceptors (Lipinski definition) is 4. The second-order valence-electron chi connectivity index (χ2n) is 21.3. The molecule has 0 amide bonds. The number of fused-ring (bicyclic) bond motifs is 11. The molecule has 9 aromatic rings. The molecule has 4 aliphatic rings. The van der Waals surface area contributed by atoms with Crippen LogP contribution in [0.1, 0.15) is 87.8 Å². The molecule has 13 rings (SSSR count). The van der Waals surface area contributed by atoms with Gasteiger partial charge in [-0.05, 0) is 129 Å². The second kappa shape index (κ2) is 14.0. The number of aryl methyl sites for hydroxylation is 2. The van der Waals surface area contributed by atoms with Gasteiger partial charge in [0.15, 0.2) is 0 Å². The van der Waals surface area contributed by atoms with Crippen molar-refractivity contribution >= 4 is 89.5 Å². The molecule has 0 spiro atoms. The van der Waals surface area contributed by atoms with Crippen LogP contribution in [-0.4, -0.2) is 6.85 Å². The smallest absolute Gasteiger partial charge is 0.333 e. The molecule has 0 radical (unpaired) electrons. The Bertz CT molecular complexity index is 3540. The Hall–Kier alpha value is -6.01. The zero-order valence-electron chi connectivity index (χ0n) is 39.1. The van der Waals surface area contributed by atoms with Gasteiger partial charge in [-0.25, -0.2) is 0 Å². The lowest BCUT2D eigenvalue weighted by atomic mass is 9.43. The standard InChI is InChI=1S/C61H53BN2S2/c1-36-30-43-41-26-27-42-40-21-13-16-24-53(40)66-58(42)57(41)64(49-23-15-12-20-39(49)38-18-10-9-11-19-38)62-48-33-47-55(65-54-25-17-14-22-44(54)61(47,7)8)35-51(48)63(52(31-36)56(43)62)50-34-46-45(32-37(50)2)59(3,4)28-29-60(46,5)6/h9-27,30-35H,28-29H2,1-8H3. The van der Waals surface area contributed by atoms with Gasteiger partial charge in [0.2, 0.25) is 0 Å². The molecule has 1 aromatic heterocycles. The number of para-hydroxylation sites is 1. The normalized spacial score (nSPS) is 16.9. The van der Waals surface area contributed by atoms with Gasteiger partial charge < -0.3 is 9.71 Å². The third-order valence-corrected chi connectivity index (χ3v) is 18.2. The minimum atomic E-state index is -0.206. The Balaban J connectivity index is 1.19. The molecule has 3 aliphatic heterocycles. The SMILES string of the molecule is Cc1cc2c3c(c1)N(c1cc4c(cc1C)C(C)(C)CCC4(C)C)c1cc4c(cc1B3N(c1ccccc1-c1ccccc1)c1c-2ccc2c1sc1ccccc12)C(C)(C)c1ccccc1S4. The molecule has 0 bridgehead atoms. The summed E-state index contributed by atoms with van der Waals surface area (Å²) in [4.78, 5) is 8.17. The van der Waals surface area contributed by atoms with Crippen LogP contribution in [0.15, 0.2) is 161 Å². The Labute approximate surface area is 398 Å². The Morgan fingerprint density at radius 3 is 2.05 bits per heavy atom. The van der Waals surface area contributed by atoms with Crippen LogP contribution in [0.2, 0.25) is 0 Å². The Morgan fingerprint density at radius 1 is 0.515 bits per heavy atom. The number of benzene rings is 8. The topological polar surface area (TPSA) is 6.48 Å². The van der Waals surface area contributed by atoms with E-state index in [2.05, 4.69) is 217 Å². The summed E-state index contributed by atoms with van der Waals surface area (Å²) < 4.78 is 2.66. The lowest BCUT2D eigenvalue weighted by Crippen LogP contribution is -2.62. The van der Waals surface area contributed by atoms with Gasteiger partial charge in [0.05, 0.1) is 10.4 Å². The van der Waals surface area contributed by atoms with Crippen molar-refractivity contribution in [3.05, 3.63) is 185 Å². The van der Waals surface area contributed by atoms with Crippen molar-refractivity contribution < 1.29 is 0 Å². The average molecular weight is 889 g/mol. The fourth-order valence-corrected chi connectivity index (χ4v) is 15.0. The first-order valence-electron chi connectivity index (χ1n) is 23.7. The first-order chi connectivity index (χ1) is 31.8. The van der Waals surface area contributed by atoms with E-state index in [1.54, 1.807) is 0 Å². The maximum atomic E-state index is 2.78. The molecule has 1 aliphatic carbocycles. The lowest BCUT2D eigenvalue weighted by molar-refractivity contribution is 0.332. The first kappa shape index (κ1) is 40.3. The molecule has 0 atom stereocenters. The van der Waals surface area contributed by atoms with Crippen LogP contribution in [-0.2, 0) is 16.2 Å². The van der Waals surface area contributed by atoms with Crippen LogP contribution in [0, 0.1) is 13.8 Å². The van der Waals surface area contributed by atoms with E-state index >= 15 is 0 Å². The average Bonchev–Trinajstić information content (AvgIpc) is 3.70. The van der Waals surface area contributed by atoms with Gasteiger partial charge in [0.25, 0.3) is 0 Å². The predicted molar refractivity (Wildman–Crippen MR) is 286 cm³/mol. The minimum Gasteiger partial charge on any atom is -0.375 e. The first-order valence-corrected chi connectivity index (χ1v) is 25.4. The van der Waals surface area contributed by atoms with Crippen molar-refractivity contribution in [2.24, 2.45) is 0 Å². The summed E-state index contributed by atoms with van der Waals surface area (Å²) in [7, 11) is 0. The summed E-state index contributed by atoms with van der Waals surface area (Å²) >= 11 is 3.89. The number of thiophene rings is 1. The maximum absolute atomic E-state index is 2.78. The highest BCUT2D eigenvalue weighted by molar-refractivity contribution is 7.99. The van der Waals surface area contributed by atoms with Gasteiger partial charge in [-0.2, -0.15) is 0 Å². The molecule has 0 unspecified atom stereocenters. The van der Waals surface area contributed by atoms with Crippen molar-refractivity contribution in [3.63, 3.8) is 0 Å². The highest BCUT2D eigenvalue weighted by Gasteiger charge is 2.49. The molecular weight excluding hydrogens is 836 g/mol. The number of hydrogen-bond donors (Lipinski definition) is 0. The largest absolute Gasteiger partial charge is 0.375 e. The van der Waals surface area contributed by atoms with E-state index in [0.29, 0.717) is 0 Å². The molecular formula is C61H53BN2S2. The molecule has 8 aromatic carbocycles. The number of nitrogens with zero attached hydrogens (tertiary/aromatic N) is 2. The van der Waals surface area contributed by atoms with E-state index in [4.69, 9.17) is 0 Å².